The lowest BCUT2D eigenvalue weighted by molar-refractivity contribution is -0.167. The summed E-state index contributed by atoms with van der Waals surface area (Å²) < 4.78 is 50.4. The van der Waals surface area contributed by atoms with Crippen molar-refractivity contribution < 1.29 is 27.3 Å². The number of imidazole rings is 1. The van der Waals surface area contributed by atoms with Crippen molar-refractivity contribution in [1.82, 2.24) is 9.38 Å². The molecule has 134 valence electrons. The zero-order chi connectivity index (χ0) is 18.6. The first-order valence-electron chi connectivity index (χ1n) is 7.61. The molecule has 0 atom stereocenters. The zero-order valence-electron chi connectivity index (χ0n) is 14.1. The van der Waals surface area contributed by atoms with E-state index in [1.54, 1.807) is 23.6 Å². The van der Waals surface area contributed by atoms with E-state index in [9.17, 15) is 18.0 Å². The normalized spacial score (nSPS) is 19.4. The van der Waals surface area contributed by atoms with Crippen LogP contribution >= 0.6 is 0 Å². The number of pyridine rings is 1. The molecule has 1 N–H and O–H groups in total. The van der Waals surface area contributed by atoms with Gasteiger partial charge < -0.3 is 19.0 Å². The van der Waals surface area contributed by atoms with Crippen molar-refractivity contribution in [2.24, 2.45) is 0 Å². The highest BCUT2D eigenvalue weighted by Crippen LogP contribution is 2.36. The monoisotopic (exact) mass is 355 g/mol. The Bertz CT molecular complexity index is 816. The number of halogens is 3. The first-order valence-corrected chi connectivity index (χ1v) is 7.61. The van der Waals surface area contributed by atoms with Gasteiger partial charge in [-0.2, -0.15) is 13.2 Å². The minimum atomic E-state index is -4.97. The standard InChI is InChI=1S/C15H17BF3N3O3/c1-13(2)14(3,4)25-16(24-13)9-5-6-11-20-10(8-22(11)7-9)21-12(23)15(17,18)19/h5-8H,1-4H3,(H,21,23). The summed E-state index contributed by atoms with van der Waals surface area (Å²) in [6.07, 6.45) is -2.02. The molecule has 3 rings (SSSR count). The van der Waals surface area contributed by atoms with Gasteiger partial charge in [0, 0.05) is 6.20 Å². The van der Waals surface area contributed by atoms with Crippen molar-refractivity contribution in [1.29, 1.82) is 0 Å². The lowest BCUT2D eigenvalue weighted by Gasteiger charge is -2.32. The Labute approximate surface area is 142 Å². The molecule has 2 aromatic rings. The van der Waals surface area contributed by atoms with Gasteiger partial charge in [0.2, 0.25) is 0 Å². The molecular formula is C15H17BF3N3O3. The van der Waals surface area contributed by atoms with E-state index in [1.165, 1.54) is 10.6 Å². The summed E-state index contributed by atoms with van der Waals surface area (Å²) in [7, 11) is -0.606. The predicted octanol–water partition coefficient (Wildman–Crippen LogP) is 2.13. The molecule has 1 fully saturated rings. The molecule has 0 saturated carbocycles. The second-order valence-electron chi connectivity index (χ2n) is 6.89. The highest BCUT2D eigenvalue weighted by atomic mass is 19.4. The Morgan fingerprint density at radius 2 is 1.76 bits per heavy atom. The van der Waals surface area contributed by atoms with E-state index in [-0.39, 0.29) is 5.82 Å². The molecule has 0 unspecified atom stereocenters. The van der Waals surface area contributed by atoms with Crippen LogP contribution in [0.2, 0.25) is 0 Å². The number of hydrogen-bond acceptors (Lipinski definition) is 4. The smallest absolute Gasteiger partial charge is 0.399 e. The van der Waals surface area contributed by atoms with Gasteiger partial charge in [0.15, 0.2) is 5.82 Å². The quantitative estimate of drug-likeness (QED) is 0.839. The molecule has 0 radical (unpaired) electrons. The number of rotatable bonds is 2. The highest BCUT2D eigenvalue weighted by Gasteiger charge is 2.51. The summed E-state index contributed by atoms with van der Waals surface area (Å²) in [5.74, 6) is -2.25. The molecule has 3 heterocycles. The number of hydrogen-bond donors (Lipinski definition) is 1. The van der Waals surface area contributed by atoms with Crippen LogP contribution in [0, 0.1) is 0 Å². The third-order valence-corrected chi connectivity index (χ3v) is 4.50. The molecule has 0 bridgehead atoms. The number of alkyl halides is 3. The van der Waals surface area contributed by atoms with Crippen LogP contribution in [0.25, 0.3) is 5.65 Å². The van der Waals surface area contributed by atoms with Gasteiger partial charge in [0.25, 0.3) is 0 Å². The van der Waals surface area contributed by atoms with E-state index in [0.29, 0.717) is 11.1 Å². The van der Waals surface area contributed by atoms with Crippen LogP contribution < -0.4 is 10.8 Å². The SMILES string of the molecule is CC1(C)OB(c2ccc3nc(NC(=O)C(F)(F)F)cn3c2)OC1(C)C. The molecule has 2 aromatic heterocycles. The number of carbonyl (C=O) groups is 1. The Morgan fingerprint density at radius 1 is 1.16 bits per heavy atom. The van der Waals surface area contributed by atoms with Crippen LogP contribution in [0.5, 0.6) is 0 Å². The molecular weight excluding hydrogens is 338 g/mol. The van der Waals surface area contributed by atoms with Gasteiger partial charge in [-0.15, -0.1) is 0 Å². The zero-order valence-corrected chi connectivity index (χ0v) is 14.1. The molecule has 0 aliphatic carbocycles. The summed E-state index contributed by atoms with van der Waals surface area (Å²) in [6, 6.07) is 3.34. The van der Waals surface area contributed by atoms with Crippen molar-refractivity contribution in [2.45, 2.75) is 45.1 Å². The van der Waals surface area contributed by atoms with Crippen molar-refractivity contribution in [3.63, 3.8) is 0 Å². The number of nitrogens with one attached hydrogen (secondary N) is 1. The van der Waals surface area contributed by atoms with Gasteiger partial charge in [-0.1, -0.05) is 6.07 Å². The number of amides is 1. The van der Waals surface area contributed by atoms with Crippen LogP contribution in [0.3, 0.4) is 0 Å². The Hall–Kier alpha value is -2.07. The summed E-state index contributed by atoms with van der Waals surface area (Å²) in [6.45, 7) is 7.70. The molecule has 6 nitrogen and oxygen atoms in total. The van der Waals surface area contributed by atoms with E-state index in [1.807, 2.05) is 27.7 Å². The second-order valence-corrected chi connectivity index (χ2v) is 6.89. The molecule has 0 aromatic carbocycles. The predicted molar refractivity (Wildman–Crippen MR) is 85.6 cm³/mol. The Kier molecular flexibility index (Phi) is 3.88. The van der Waals surface area contributed by atoms with Crippen molar-refractivity contribution in [2.75, 3.05) is 5.32 Å². The molecule has 10 heteroatoms. The minimum Gasteiger partial charge on any atom is -0.399 e. The van der Waals surface area contributed by atoms with Gasteiger partial charge in [-0.05, 0) is 39.2 Å². The summed E-state index contributed by atoms with van der Waals surface area (Å²) >= 11 is 0. The fourth-order valence-corrected chi connectivity index (χ4v) is 2.38. The van der Waals surface area contributed by atoms with Gasteiger partial charge in [0.05, 0.1) is 17.4 Å². The van der Waals surface area contributed by atoms with Gasteiger partial charge in [0.1, 0.15) is 5.65 Å². The van der Waals surface area contributed by atoms with Crippen LogP contribution in [-0.4, -0.2) is 39.8 Å². The number of nitrogens with zero attached hydrogens (tertiary/aromatic N) is 2. The van der Waals surface area contributed by atoms with Crippen molar-refractivity contribution >= 4 is 30.0 Å². The number of anilines is 1. The van der Waals surface area contributed by atoms with E-state index in [0.717, 1.165) is 0 Å². The van der Waals surface area contributed by atoms with Crippen LogP contribution in [0.1, 0.15) is 27.7 Å². The average Bonchev–Trinajstić information content (AvgIpc) is 2.94. The van der Waals surface area contributed by atoms with Crippen LogP contribution in [0.4, 0.5) is 19.0 Å². The molecule has 1 saturated heterocycles. The number of aromatic nitrogens is 2. The lowest BCUT2D eigenvalue weighted by atomic mass is 9.80. The maximum atomic E-state index is 12.3. The largest absolute Gasteiger partial charge is 0.496 e. The summed E-state index contributed by atoms with van der Waals surface area (Å²) in [5.41, 5.74) is 0.0656. The molecule has 1 amide bonds. The fraction of sp³-hybridized carbons (Fsp3) is 0.467. The third kappa shape index (κ3) is 3.23. The number of carbonyl (C=O) groups excluding carboxylic acids is 1. The van der Waals surface area contributed by atoms with E-state index < -0.39 is 30.4 Å². The maximum absolute atomic E-state index is 12.3. The molecule has 1 aliphatic rings. The average molecular weight is 355 g/mol. The van der Waals surface area contributed by atoms with Gasteiger partial charge in [-0.3, -0.25) is 4.79 Å². The lowest BCUT2D eigenvalue weighted by Crippen LogP contribution is -2.41. The van der Waals surface area contributed by atoms with Gasteiger partial charge >= 0.3 is 19.2 Å². The molecule has 25 heavy (non-hydrogen) atoms. The van der Waals surface area contributed by atoms with Crippen molar-refractivity contribution in [3.05, 3.63) is 24.5 Å². The van der Waals surface area contributed by atoms with Crippen LogP contribution in [-0.2, 0) is 14.1 Å². The van der Waals surface area contributed by atoms with E-state index in [2.05, 4.69) is 4.98 Å². The first-order chi connectivity index (χ1) is 11.4. The molecule has 0 spiro atoms. The second kappa shape index (κ2) is 5.47. The fourth-order valence-electron chi connectivity index (χ4n) is 2.38. The third-order valence-electron chi connectivity index (χ3n) is 4.50. The topological polar surface area (TPSA) is 64.9 Å². The first kappa shape index (κ1) is 17.7. The summed E-state index contributed by atoms with van der Waals surface area (Å²) in [5, 5.41) is 1.73. The van der Waals surface area contributed by atoms with Crippen molar-refractivity contribution in [3.8, 4) is 0 Å². The van der Waals surface area contributed by atoms with Gasteiger partial charge in [-0.25, -0.2) is 4.98 Å². The molecule has 1 aliphatic heterocycles. The Balaban J connectivity index is 1.85. The number of fused-ring (bicyclic) bond motifs is 1. The van der Waals surface area contributed by atoms with E-state index in [4.69, 9.17) is 9.31 Å². The van der Waals surface area contributed by atoms with Crippen LogP contribution in [0.15, 0.2) is 24.5 Å². The Morgan fingerprint density at radius 3 is 2.32 bits per heavy atom. The maximum Gasteiger partial charge on any atom is 0.496 e. The van der Waals surface area contributed by atoms with E-state index >= 15 is 0 Å². The summed E-state index contributed by atoms with van der Waals surface area (Å²) in [4.78, 5) is 14.9. The minimum absolute atomic E-state index is 0.187. The highest BCUT2D eigenvalue weighted by molar-refractivity contribution is 6.62.